The van der Waals surface area contributed by atoms with E-state index in [4.69, 9.17) is 16.6 Å². The van der Waals surface area contributed by atoms with Crippen molar-refractivity contribution in [1.82, 2.24) is 15.1 Å². The van der Waals surface area contributed by atoms with Gasteiger partial charge < -0.3 is 15.1 Å². The van der Waals surface area contributed by atoms with Gasteiger partial charge in [-0.2, -0.15) is 5.10 Å². The van der Waals surface area contributed by atoms with Gasteiger partial charge in [0.2, 0.25) is 0 Å². The molecule has 2 aromatic rings. The standard InChI is InChI=1S/C11H14N4OS/c1-8-10(7-15(2)14-8)13-11(17)12-6-9-4-3-5-16-9/h3-5,7H,6H2,1-2H3,(H2,12,13,17). The van der Waals surface area contributed by atoms with Gasteiger partial charge in [-0.15, -0.1) is 0 Å². The Bertz CT molecular complexity index is 504. The van der Waals surface area contributed by atoms with Gasteiger partial charge in [0.1, 0.15) is 5.76 Å². The number of nitrogens with one attached hydrogen (secondary N) is 2. The maximum absolute atomic E-state index is 5.20. The Balaban J connectivity index is 1.87. The van der Waals surface area contributed by atoms with Crippen LogP contribution in [-0.2, 0) is 13.6 Å². The first-order chi connectivity index (χ1) is 8.15. The Hall–Kier alpha value is -1.82. The second-order valence-corrected chi connectivity index (χ2v) is 4.10. The summed E-state index contributed by atoms with van der Waals surface area (Å²) in [7, 11) is 1.87. The number of hydrogen-bond donors (Lipinski definition) is 2. The topological polar surface area (TPSA) is 55.0 Å². The third-order valence-electron chi connectivity index (χ3n) is 2.26. The molecule has 6 heteroatoms. The second-order valence-electron chi connectivity index (χ2n) is 3.69. The summed E-state index contributed by atoms with van der Waals surface area (Å²) in [6, 6.07) is 3.74. The van der Waals surface area contributed by atoms with E-state index in [2.05, 4.69) is 15.7 Å². The van der Waals surface area contributed by atoms with Crippen molar-refractivity contribution in [3.63, 3.8) is 0 Å². The molecule has 0 aliphatic heterocycles. The highest BCUT2D eigenvalue weighted by Gasteiger charge is 2.05. The lowest BCUT2D eigenvalue weighted by Crippen LogP contribution is -2.27. The van der Waals surface area contributed by atoms with Crippen LogP contribution < -0.4 is 10.6 Å². The molecule has 2 rings (SSSR count). The zero-order chi connectivity index (χ0) is 12.3. The quantitative estimate of drug-likeness (QED) is 0.814. The molecule has 0 aliphatic rings. The lowest BCUT2D eigenvalue weighted by molar-refractivity contribution is 0.503. The van der Waals surface area contributed by atoms with Crippen molar-refractivity contribution >= 4 is 23.0 Å². The van der Waals surface area contributed by atoms with Crippen LogP contribution in [-0.4, -0.2) is 14.9 Å². The average Bonchev–Trinajstić information content (AvgIpc) is 2.87. The van der Waals surface area contributed by atoms with Crippen LogP contribution in [0.5, 0.6) is 0 Å². The molecule has 0 amide bonds. The van der Waals surface area contributed by atoms with Gasteiger partial charge in [0.15, 0.2) is 5.11 Å². The SMILES string of the molecule is Cc1nn(C)cc1NC(=S)NCc1ccco1. The molecule has 0 saturated heterocycles. The summed E-state index contributed by atoms with van der Waals surface area (Å²) in [5.74, 6) is 0.844. The minimum absolute atomic E-state index is 0.553. The lowest BCUT2D eigenvalue weighted by atomic mass is 10.4. The van der Waals surface area contributed by atoms with Crippen molar-refractivity contribution in [2.75, 3.05) is 5.32 Å². The second kappa shape index (κ2) is 5.01. The Morgan fingerprint density at radius 2 is 2.41 bits per heavy atom. The number of aromatic nitrogens is 2. The molecule has 2 N–H and O–H groups in total. The monoisotopic (exact) mass is 250 g/mol. The summed E-state index contributed by atoms with van der Waals surface area (Å²) in [4.78, 5) is 0. The third kappa shape index (κ3) is 3.07. The first-order valence-corrected chi connectivity index (χ1v) is 5.63. The van der Waals surface area contributed by atoms with E-state index in [9.17, 15) is 0 Å². The van der Waals surface area contributed by atoms with E-state index in [0.29, 0.717) is 11.7 Å². The molecular weight excluding hydrogens is 236 g/mol. The fraction of sp³-hybridized carbons (Fsp3) is 0.273. The highest BCUT2D eigenvalue weighted by atomic mass is 32.1. The molecule has 0 unspecified atom stereocenters. The van der Waals surface area contributed by atoms with Crippen LogP contribution in [0.2, 0.25) is 0 Å². The third-order valence-corrected chi connectivity index (χ3v) is 2.51. The molecule has 0 bridgehead atoms. The largest absolute Gasteiger partial charge is 0.467 e. The predicted octanol–water partition coefficient (Wildman–Crippen LogP) is 1.81. The number of rotatable bonds is 3. The Morgan fingerprint density at radius 1 is 1.59 bits per heavy atom. The van der Waals surface area contributed by atoms with Crippen LogP contribution >= 0.6 is 12.2 Å². The van der Waals surface area contributed by atoms with E-state index in [-0.39, 0.29) is 0 Å². The van der Waals surface area contributed by atoms with Gasteiger partial charge in [-0.05, 0) is 31.3 Å². The highest BCUT2D eigenvalue weighted by Crippen LogP contribution is 2.11. The van der Waals surface area contributed by atoms with Crippen LogP contribution in [0, 0.1) is 6.92 Å². The highest BCUT2D eigenvalue weighted by molar-refractivity contribution is 7.80. The van der Waals surface area contributed by atoms with Crippen LogP contribution in [0.3, 0.4) is 0 Å². The maximum atomic E-state index is 5.20. The van der Waals surface area contributed by atoms with Crippen molar-refractivity contribution in [2.45, 2.75) is 13.5 Å². The maximum Gasteiger partial charge on any atom is 0.171 e. The van der Waals surface area contributed by atoms with Crippen LogP contribution in [0.4, 0.5) is 5.69 Å². The van der Waals surface area contributed by atoms with Gasteiger partial charge in [-0.1, -0.05) is 0 Å². The summed E-state index contributed by atoms with van der Waals surface area (Å²) in [5.41, 5.74) is 1.82. The molecule has 90 valence electrons. The van der Waals surface area contributed by atoms with Gasteiger partial charge in [0, 0.05) is 13.2 Å². The zero-order valence-corrected chi connectivity index (χ0v) is 10.5. The normalized spacial score (nSPS) is 10.2. The predicted molar refractivity (Wildman–Crippen MR) is 69.7 cm³/mol. The van der Waals surface area contributed by atoms with Crippen molar-refractivity contribution in [1.29, 1.82) is 0 Å². The summed E-state index contributed by atoms with van der Waals surface area (Å²) in [5, 5.41) is 10.9. The molecule has 2 aromatic heterocycles. The van der Waals surface area contributed by atoms with E-state index in [1.807, 2.05) is 32.3 Å². The number of hydrogen-bond acceptors (Lipinski definition) is 3. The molecule has 2 heterocycles. The molecule has 0 fully saturated rings. The van der Waals surface area contributed by atoms with Gasteiger partial charge in [0.25, 0.3) is 0 Å². The average molecular weight is 250 g/mol. The van der Waals surface area contributed by atoms with Crippen molar-refractivity contribution in [3.05, 3.63) is 36.0 Å². The molecule has 0 aromatic carbocycles. The number of thiocarbonyl (C=S) groups is 1. The Kier molecular flexibility index (Phi) is 3.43. The first-order valence-electron chi connectivity index (χ1n) is 5.22. The van der Waals surface area contributed by atoms with Gasteiger partial charge >= 0.3 is 0 Å². The van der Waals surface area contributed by atoms with E-state index in [1.54, 1.807) is 10.9 Å². The molecular formula is C11H14N4OS. The number of aryl methyl sites for hydroxylation is 2. The van der Waals surface area contributed by atoms with Crippen molar-refractivity contribution in [2.24, 2.45) is 7.05 Å². The Labute approximate surface area is 105 Å². The molecule has 0 saturated carbocycles. The van der Waals surface area contributed by atoms with Crippen LogP contribution in [0.15, 0.2) is 29.0 Å². The molecule has 5 nitrogen and oxygen atoms in total. The van der Waals surface area contributed by atoms with Crippen molar-refractivity contribution < 1.29 is 4.42 Å². The zero-order valence-electron chi connectivity index (χ0n) is 9.73. The number of anilines is 1. The molecule has 17 heavy (non-hydrogen) atoms. The summed E-state index contributed by atoms with van der Waals surface area (Å²) >= 11 is 5.18. The lowest BCUT2D eigenvalue weighted by Gasteiger charge is -2.07. The molecule has 0 radical (unpaired) electrons. The molecule has 0 spiro atoms. The van der Waals surface area contributed by atoms with Gasteiger partial charge in [-0.3, -0.25) is 4.68 Å². The number of nitrogens with zero attached hydrogens (tertiary/aromatic N) is 2. The minimum Gasteiger partial charge on any atom is -0.467 e. The van der Waals surface area contributed by atoms with Crippen LogP contribution in [0.25, 0.3) is 0 Å². The summed E-state index contributed by atoms with van der Waals surface area (Å²) in [6.45, 7) is 2.50. The first kappa shape index (κ1) is 11.7. The van der Waals surface area contributed by atoms with Crippen LogP contribution in [0.1, 0.15) is 11.5 Å². The van der Waals surface area contributed by atoms with Crippen molar-refractivity contribution in [3.8, 4) is 0 Å². The smallest absolute Gasteiger partial charge is 0.171 e. The van der Waals surface area contributed by atoms with Gasteiger partial charge in [0.05, 0.1) is 24.2 Å². The fourth-order valence-corrected chi connectivity index (χ4v) is 1.65. The number of furan rings is 1. The molecule has 0 atom stereocenters. The van der Waals surface area contributed by atoms with E-state index in [0.717, 1.165) is 17.1 Å². The van der Waals surface area contributed by atoms with E-state index >= 15 is 0 Å². The van der Waals surface area contributed by atoms with E-state index in [1.165, 1.54) is 0 Å². The Morgan fingerprint density at radius 3 is 3.00 bits per heavy atom. The fourth-order valence-electron chi connectivity index (χ4n) is 1.47. The van der Waals surface area contributed by atoms with Gasteiger partial charge in [-0.25, -0.2) is 0 Å². The summed E-state index contributed by atoms with van der Waals surface area (Å²) < 4.78 is 6.94. The summed E-state index contributed by atoms with van der Waals surface area (Å²) in [6.07, 6.45) is 3.52. The van der Waals surface area contributed by atoms with E-state index < -0.39 is 0 Å². The molecule has 0 aliphatic carbocycles. The minimum atomic E-state index is 0.553.